The van der Waals surface area contributed by atoms with Gasteiger partial charge < -0.3 is 18.9 Å². The molecule has 2 aliphatic heterocycles. The monoisotopic (exact) mass is 468 g/mol. The van der Waals surface area contributed by atoms with E-state index in [2.05, 4.69) is 0 Å². The number of ether oxygens (including phenoxy) is 4. The van der Waals surface area contributed by atoms with Crippen LogP contribution < -0.4 is 0 Å². The second-order valence-corrected chi connectivity index (χ2v) is 10.8. The quantitative estimate of drug-likeness (QED) is 0.481. The minimum Gasteiger partial charge on any atom is -0.375 e. The molecule has 0 spiro atoms. The first-order chi connectivity index (χ1) is 15.4. The summed E-state index contributed by atoms with van der Waals surface area (Å²) in [7, 11) is -3.84. The van der Waals surface area contributed by atoms with Crippen LogP contribution in [0.5, 0.6) is 0 Å². The third kappa shape index (κ3) is 5.54. The first-order valence-electron chi connectivity index (χ1n) is 11.9. The molecule has 7 nitrogen and oxygen atoms in total. The van der Waals surface area contributed by atoms with E-state index in [9.17, 15) is 8.42 Å². The van der Waals surface area contributed by atoms with Gasteiger partial charge in [-0.3, -0.25) is 4.18 Å². The summed E-state index contributed by atoms with van der Waals surface area (Å²) in [5.41, 5.74) is 0.989. The van der Waals surface area contributed by atoms with Gasteiger partial charge >= 0.3 is 0 Å². The van der Waals surface area contributed by atoms with Gasteiger partial charge in [0.1, 0.15) is 12.2 Å². The predicted octanol–water partition coefficient (Wildman–Crippen LogP) is 3.98. The van der Waals surface area contributed by atoms with Gasteiger partial charge in [-0.25, -0.2) is 0 Å². The molecular formula is C24H36O7S. The lowest BCUT2D eigenvalue weighted by atomic mass is 9.90. The zero-order valence-electron chi connectivity index (χ0n) is 19.2. The van der Waals surface area contributed by atoms with Crippen LogP contribution in [0.25, 0.3) is 0 Å². The van der Waals surface area contributed by atoms with E-state index in [4.69, 9.17) is 23.1 Å². The van der Waals surface area contributed by atoms with E-state index in [1.54, 1.807) is 24.3 Å². The van der Waals surface area contributed by atoms with Crippen LogP contribution in [0, 0.1) is 12.8 Å². The summed E-state index contributed by atoms with van der Waals surface area (Å²) in [6.07, 6.45) is 6.77. The summed E-state index contributed by atoms with van der Waals surface area (Å²) in [5.74, 6) is -0.363. The van der Waals surface area contributed by atoms with Crippen LogP contribution in [0.3, 0.4) is 0 Å². The lowest BCUT2D eigenvalue weighted by Crippen LogP contribution is -2.54. The zero-order valence-corrected chi connectivity index (χ0v) is 20.0. The van der Waals surface area contributed by atoms with Gasteiger partial charge in [0.2, 0.25) is 0 Å². The van der Waals surface area contributed by atoms with Gasteiger partial charge in [0, 0.05) is 26.1 Å². The highest BCUT2D eigenvalue weighted by atomic mass is 32.2. The van der Waals surface area contributed by atoms with Crippen LogP contribution in [-0.4, -0.2) is 58.9 Å². The number of fused-ring (bicyclic) bond motifs is 2. The molecule has 0 amide bonds. The van der Waals surface area contributed by atoms with Crippen LogP contribution in [0.15, 0.2) is 29.2 Å². The van der Waals surface area contributed by atoms with Crippen molar-refractivity contribution in [2.24, 2.45) is 5.92 Å². The molecule has 2 saturated heterocycles. The normalized spacial score (nSPS) is 31.1. The molecule has 1 aromatic carbocycles. The van der Waals surface area contributed by atoms with Gasteiger partial charge in [-0.15, -0.1) is 0 Å². The molecule has 3 fully saturated rings. The van der Waals surface area contributed by atoms with Crippen molar-refractivity contribution in [3.05, 3.63) is 29.8 Å². The van der Waals surface area contributed by atoms with E-state index >= 15 is 0 Å². The minimum absolute atomic E-state index is 0.0416. The third-order valence-corrected chi connectivity index (χ3v) is 8.16. The van der Waals surface area contributed by atoms with Gasteiger partial charge in [0.25, 0.3) is 10.1 Å². The van der Waals surface area contributed by atoms with E-state index in [-0.39, 0.29) is 36.2 Å². The smallest absolute Gasteiger partial charge is 0.296 e. The largest absolute Gasteiger partial charge is 0.375 e. The first-order valence-corrected chi connectivity index (χ1v) is 13.3. The first kappa shape index (κ1) is 24.1. The third-order valence-electron chi connectivity index (χ3n) is 6.83. The number of benzene rings is 1. The van der Waals surface area contributed by atoms with E-state index in [1.165, 1.54) is 32.1 Å². The lowest BCUT2D eigenvalue weighted by molar-refractivity contribution is -0.282. The van der Waals surface area contributed by atoms with Crippen molar-refractivity contribution in [2.45, 2.75) is 87.8 Å². The van der Waals surface area contributed by atoms with Crippen LogP contribution in [0.1, 0.15) is 57.4 Å². The molecule has 0 aromatic heterocycles. The summed E-state index contributed by atoms with van der Waals surface area (Å²) in [4.78, 5) is 0.146. The SMILES string of the molecule is CCO[C@@H]1C[C@H](OCC2CCCCC2)[C@H]2COC1(CCOS(=O)(=O)c1ccc(C)cc1)O2. The van der Waals surface area contributed by atoms with E-state index in [0.29, 0.717) is 25.6 Å². The Balaban J connectivity index is 1.34. The average molecular weight is 469 g/mol. The molecule has 3 aliphatic rings. The van der Waals surface area contributed by atoms with Crippen LogP contribution in [-0.2, 0) is 33.2 Å². The molecule has 1 unspecified atom stereocenters. The molecule has 180 valence electrons. The van der Waals surface area contributed by atoms with Crippen LogP contribution in [0.2, 0.25) is 0 Å². The maximum atomic E-state index is 12.5. The highest BCUT2D eigenvalue weighted by molar-refractivity contribution is 7.86. The van der Waals surface area contributed by atoms with Crippen molar-refractivity contribution >= 4 is 10.1 Å². The summed E-state index contributed by atoms with van der Waals surface area (Å²) in [6, 6.07) is 6.61. The fourth-order valence-corrected chi connectivity index (χ4v) is 5.89. The summed E-state index contributed by atoms with van der Waals surface area (Å²) >= 11 is 0. The number of aryl methyl sites for hydroxylation is 1. The van der Waals surface area contributed by atoms with Crippen LogP contribution >= 0.6 is 0 Å². The summed E-state index contributed by atoms with van der Waals surface area (Å²) in [6.45, 7) is 5.50. The molecule has 8 heteroatoms. The average Bonchev–Trinajstić information content (AvgIpc) is 3.16. The Bertz CT molecular complexity index is 834. The number of rotatable bonds is 10. The van der Waals surface area contributed by atoms with E-state index < -0.39 is 15.9 Å². The fraction of sp³-hybridized carbons (Fsp3) is 0.750. The summed E-state index contributed by atoms with van der Waals surface area (Å²) < 4.78 is 55.0. The Labute approximate surface area is 191 Å². The molecule has 0 N–H and O–H groups in total. The Kier molecular flexibility index (Phi) is 7.90. The Morgan fingerprint density at radius 2 is 1.84 bits per heavy atom. The van der Waals surface area contributed by atoms with Gasteiger partial charge in [-0.05, 0) is 44.7 Å². The molecule has 1 saturated carbocycles. The maximum absolute atomic E-state index is 12.5. The standard InChI is InChI=1S/C24H36O7S/c1-3-27-23-15-21(28-16-19-7-5-4-6-8-19)22-17-29-24(23,31-22)13-14-30-32(25,26)20-11-9-18(2)10-12-20/h9-12,19,21-23H,3-8,13-17H2,1-2H3/t21-,22+,23+,24?/m0/s1. The molecule has 1 aliphatic carbocycles. The number of hydrogen-bond donors (Lipinski definition) is 0. The van der Waals surface area contributed by atoms with E-state index in [1.807, 2.05) is 13.8 Å². The van der Waals surface area contributed by atoms with Crippen molar-refractivity contribution in [3.8, 4) is 0 Å². The minimum atomic E-state index is -3.84. The predicted molar refractivity (Wildman–Crippen MR) is 119 cm³/mol. The molecule has 4 atom stereocenters. The summed E-state index contributed by atoms with van der Waals surface area (Å²) in [5, 5.41) is 0. The Morgan fingerprint density at radius 3 is 2.56 bits per heavy atom. The van der Waals surface area contributed by atoms with Gasteiger partial charge in [0.05, 0.1) is 24.2 Å². The van der Waals surface area contributed by atoms with Gasteiger partial charge in [-0.2, -0.15) is 8.42 Å². The molecule has 4 rings (SSSR count). The van der Waals surface area contributed by atoms with Crippen molar-refractivity contribution in [1.82, 2.24) is 0 Å². The van der Waals surface area contributed by atoms with Gasteiger partial charge in [-0.1, -0.05) is 37.0 Å². The van der Waals surface area contributed by atoms with E-state index in [0.717, 1.165) is 12.2 Å². The van der Waals surface area contributed by atoms with Crippen molar-refractivity contribution in [1.29, 1.82) is 0 Å². The van der Waals surface area contributed by atoms with Crippen molar-refractivity contribution < 1.29 is 31.5 Å². The topological polar surface area (TPSA) is 80.3 Å². The Morgan fingerprint density at radius 1 is 1.09 bits per heavy atom. The molecule has 2 bridgehead atoms. The second kappa shape index (κ2) is 10.5. The Hall–Kier alpha value is -1.03. The zero-order chi connectivity index (χ0) is 22.6. The second-order valence-electron chi connectivity index (χ2n) is 9.17. The molecule has 32 heavy (non-hydrogen) atoms. The highest BCUT2D eigenvalue weighted by Gasteiger charge is 2.56. The number of hydrogen-bond acceptors (Lipinski definition) is 7. The van der Waals surface area contributed by atoms with Crippen molar-refractivity contribution in [2.75, 3.05) is 26.4 Å². The fourth-order valence-electron chi connectivity index (χ4n) is 4.99. The molecule has 1 aromatic rings. The van der Waals surface area contributed by atoms with Crippen molar-refractivity contribution in [3.63, 3.8) is 0 Å². The highest BCUT2D eigenvalue weighted by Crippen LogP contribution is 2.42. The molecule has 0 radical (unpaired) electrons. The maximum Gasteiger partial charge on any atom is 0.296 e. The molecule has 2 heterocycles. The van der Waals surface area contributed by atoms with Crippen LogP contribution in [0.4, 0.5) is 0 Å². The molecular weight excluding hydrogens is 432 g/mol. The van der Waals surface area contributed by atoms with Gasteiger partial charge in [0.15, 0.2) is 5.79 Å². The lowest BCUT2D eigenvalue weighted by Gasteiger charge is -2.42.